The highest BCUT2D eigenvalue weighted by atomic mass is 32.2. The minimum atomic E-state index is -1.06. The summed E-state index contributed by atoms with van der Waals surface area (Å²) in [6.07, 6.45) is 3.47. The number of fused-ring (bicyclic) bond motifs is 1. The number of aromatic nitrogens is 2. The summed E-state index contributed by atoms with van der Waals surface area (Å²) in [5, 5.41) is 13.1. The van der Waals surface area contributed by atoms with Gasteiger partial charge in [0.05, 0.1) is 0 Å². The van der Waals surface area contributed by atoms with Gasteiger partial charge >= 0.3 is 5.97 Å². The third-order valence-corrected chi connectivity index (χ3v) is 6.16. The molecule has 0 saturated carbocycles. The summed E-state index contributed by atoms with van der Waals surface area (Å²) in [5.41, 5.74) is 4.34. The number of nitrogens with one attached hydrogen (secondary N) is 2. The summed E-state index contributed by atoms with van der Waals surface area (Å²) in [4.78, 5) is 32.9. The minimum absolute atomic E-state index is 0.239. The van der Waals surface area contributed by atoms with Gasteiger partial charge in [0.15, 0.2) is 0 Å². The van der Waals surface area contributed by atoms with Gasteiger partial charge in [-0.25, -0.2) is 4.79 Å². The maximum absolute atomic E-state index is 12.8. The summed E-state index contributed by atoms with van der Waals surface area (Å²) in [6.45, 7) is 1.99. The van der Waals surface area contributed by atoms with Crippen molar-refractivity contribution >= 4 is 34.5 Å². The number of rotatable bonds is 7. The Kier molecular flexibility index (Phi) is 6.04. The molecular weight excluding hydrogens is 410 g/mol. The first-order valence-corrected chi connectivity index (χ1v) is 10.8. The standard InChI is InChI=1S/C24H21N3O3S/c1-15-19-13-17(7-8-20(19)26-22(15)16-9-11-25-12-10-16)23(28)27-21(24(29)30)14-31-18-5-3-2-4-6-18/h2-13,21,26H,14H2,1H3,(H,27,28)(H,29,30)/t21-/m0/s1. The fraction of sp³-hybridized carbons (Fsp3) is 0.125. The van der Waals surface area contributed by atoms with E-state index in [4.69, 9.17) is 0 Å². The second-order valence-corrected chi connectivity index (χ2v) is 8.20. The number of pyridine rings is 1. The smallest absolute Gasteiger partial charge is 0.327 e. The minimum Gasteiger partial charge on any atom is -0.480 e. The molecule has 6 nitrogen and oxygen atoms in total. The quantitative estimate of drug-likeness (QED) is 0.374. The average molecular weight is 432 g/mol. The van der Waals surface area contributed by atoms with Gasteiger partial charge in [-0.2, -0.15) is 0 Å². The largest absolute Gasteiger partial charge is 0.480 e. The summed E-state index contributed by atoms with van der Waals surface area (Å²) in [7, 11) is 0. The summed E-state index contributed by atoms with van der Waals surface area (Å²) in [6, 6.07) is 17.7. The molecule has 4 rings (SSSR count). The number of aryl methyl sites for hydroxylation is 1. The molecule has 0 fully saturated rings. The zero-order valence-corrected chi connectivity index (χ0v) is 17.6. The van der Waals surface area contributed by atoms with Gasteiger partial charge < -0.3 is 15.4 Å². The van der Waals surface area contributed by atoms with Crippen LogP contribution in [0.3, 0.4) is 0 Å². The van der Waals surface area contributed by atoms with Crippen LogP contribution < -0.4 is 5.32 Å². The fourth-order valence-electron chi connectivity index (χ4n) is 3.39. The first kappa shape index (κ1) is 20.7. The molecule has 0 aliphatic heterocycles. The molecule has 156 valence electrons. The van der Waals surface area contributed by atoms with Crippen molar-refractivity contribution in [3.8, 4) is 11.3 Å². The Hall–Kier alpha value is -3.58. The van der Waals surface area contributed by atoms with E-state index in [1.807, 2.05) is 55.5 Å². The van der Waals surface area contributed by atoms with Gasteiger partial charge in [-0.3, -0.25) is 9.78 Å². The molecule has 31 heavy (non-hydrogen) atoms. The van der Waals surface area contributed by atoms with E-state index in [-0.39, 0.29) is 5.75 Å². The van der Waals surface area contributed by atoms with Crippen molar-refractivity contribution in [2.45, 2.75) is 17.9 Å². The molecule has 1 atom stereocenters. The molecule has 0 unspecified atom stereocenters. The number of benzene rings is 2. The van der Waals surface area contributed by atoms with Gasteiger partial charge in [-0.05, 0) is 55.0 Å². The lowest BCUT2D eigenvalue weighted by Gasteiger charge is -2.14. The number of thioether (sulfide) groups is 1. The van der Waals surface area contributed by atoms with Crippen molar-refractivity contribution in [1.29, 1.82) is 0 Å². The highest BCUT2D eigenvalue weighted by Gasteiger charge is 2.21. The normalized spacial score (nSPS) is 11.9. The van der Waals surface area contributed by atoms with E-state index in [0.29, 0.717) is 5.56 Å². The number of carboxylic acid groups (broad SMARTS) is 1. The van der Waals surface area contributed by atoms with E-state index in [1.165, 1.54) is 11.8 Å². The van der Waals surface area contributed by atoms with E-state index >= 15 is 0 Å². The van der Waals surface area contributed by atoms with Crippen LogP contribution in [0.5, 0.6) is 0 Å². The number of hydrogen-bond acceptors (Lipinski definition) is 4. The summed E-state index contributed by atoms with van der Waals surface area (Å²) in [5.74, 6) is -1.23. The summed E-state index contributed by atoms with van der Waals surface area (Å²) < 4.78 is 0. The predicted octanol–water partition coefficient (Wildman–Crippen LogP) is 4.51. The van der Waals surface area contributed by atoms with Crippen molar-refractivity contribution in [2.24, 2.45) is 0 Å². The first-order chi connectivity index (χ1) is 15.0. The number of nitrogens with zero attached hydrogens (tertiary/aromatic N) is 1. The van der Waals surface area contributed by atoms with Crippen molar-refractivity contribution < 1.29 is 14.7 Å². The van der Waals surface area contributed by atoms with Gasteiger partial charge in [0.1, 0.15) is 6.04 Å². The zero-order valence-electron chi connectivity index (χ0n) is 16.8. The van der Waals surface area contributed by atoms with Crippen LogP contribution in [0.2, 0.25) is 0 Å². The third kappa shape index (κ3) is 4.62. The Morgan fingerprint density at radius 1 is 1.10 bits per heavy atom. The molecule has 0 spiro atoms. The van der Waals surface area contributed by atoms with Gasteiger partial charge in [0, 0.05) is 50.8 Å². The lowest BCUT2D eigenvalue weighted by Crippen LogP contribution is -2.42. The molecule has 7 heteroatoms. The average Bonchev–Trinajstić information content (AvgIpc) is 3.13. The fourth-order valence-corrected chi connectivity index (χ4v) is 4.32. The monoisotopic (exact) mass is 431 g/mol. The Labute approximate surface area is 183 Å². The van der Waals surface area contributed by atoms with E-state index in [1.54, 1.807) is 24.5 Å². The molecule has 0 radical (unpaired) electrons. The number of amides is 1. The van der Waals surface area contributed by atoms with Crippen LogP contribution in [-0.4, -0.2) is 38.7 Å². The van der Waals surface area contributed by atoms with Crippen molar-refractivity contribution in [2.75, 3.05) is 5.75 Å². The Balaban J connectivity index is 1.53. The van der Waals surface area contributed by atoms with E-state index in [0.717, 1.165) is 32.6 Å². The van der Waals surface area contributed by atoms with E-state index in [2.05, 4.69) is 15.3 Å². The van der Waals surface area contributed by atoms with Gasteiger partial charge in [-0.15, -0.1) is 11.8 Å². The van der Waals surface area contributed by atoms with Crippen LogP contribution in [0.25, 0.3) is 22.2 Å². The van der Waals surface area contributed by atoms with Crippen molar-refractivity contribution in [1.82, 2.24) is 15.3 Å². The third-order valence-electron chi connectivity index (χ3n) is 5.05. The molecular formula is C24H21N3O3S. The van der Waals surface area contributed by atoms with E-state index in [9.17, 15) is 14.7 Å². The number of aliphatic carboxylic acids is 1. The number of aromatic amines is 1. The topological polar surface area (TPSA) is 95.1 Å². The maximum atomic E-state index is 12.8. The molecule has 2 heterocycles. The molecule has 0 bridgehead atoms. The zero-order chi connectivity index (χ0) is 21.8. The highest BCUT2D eigenvalue weighted by molar-refractivity contribution is 7.99. The molecule has 0 saturated heterocycles. The molecule has 3 N–H and O–H groups in total. The number of carboxylic acids is 1. The molecule has 1 amide bonds. The predicted molar refractivity (Wildman–Crippen MR) is 122 cm³/mol. The van der Waals surface area contributed by atoms with Crippen molar-refractivity contribution in [3.63, 3.8) is 0 Å². The SMILES string of the molecule is Cc1c(-c2ccncc2)[nH]c2ccc(C(=O)N[C@@H](CSc3ccccc3)C(=O)O)cc12. The lowest BCUT2D eigenvalue weighted by atomic mass is 10.1. The van der Waals surface area contributed by atoms with E-state index < -0.39 is 17.9 Å². The Bertz CT molecular complexity index is 1220. The van der Waals surface area contributed by atoms with Crippen LogP contribution >= 0.6 is 11.8 Å². The Morgan fingerprint density at radius 3 is 2.55 bits per heavy atom. The second-order valence-electron chi connectivity index (χ2n) is 7.11. The summed E-state index contributed by atoms with van der Waals surface area (Å²) >= 11 is 1.39. The molecule has 4 aromatic rings. The van der Waals surface area contributed by atoms with Crippen LogP contribution in [0.4, 0.5) is 0 Å². The van der Waals surface area contributed by atoms with Crippen LogP contribution in [0.15, 0.2) is 78.0 Å². The number of carbonyl (C=O) groups excluding carboxylic acids is 1. The van der Waals surface area contributed by atoms with Crippen molar-refractivity contribution in [3.05, 3.63) is 84.2 Å². The molecule has 2 aromatic carbocycles. The number of carbonyl (C=O) groups is 2. The van der Waals surface area contributed by atoms with Crippen LogP contribution in [0.1, 0.15) is 15.9 Å². The maximum Gasteiger partial charge on any atom is 0.327 e. The van der Waals surface area contributed by atoms with Gasteiger partial charge in [0.2, 0.25) is 0 Å². The molecule has 0 aliphatic carbocycles. The van der Waals surface area contributed by atoms with Crippen LogP contribution in [-0.2, 0) is 4.79 Å². The van der Waals surface area contributed by atoms with Crippen LogP contribution in [0, 0.1) is 6.92 Å². The van der Waals surface area contributed by atoms with Gasteiger partial charge in [0.25, 0.3) is 5.91 Å². The Morgan fingerprint density at radius 2 is 1.84 bits per heavy atom. The second kappa shape index (κ2) is 9.06. The highest BCUT2D eigenvalue weighted by Crippen LogP contribution is 2.30. The lowest BCUT2D eigenvalue weighted by molar-refractivity contribution is -0.138. The number of hydrogen-bond donors (Lipinski definition) is 3. The number of H-pyrrole nitrogens is 1. The molecule has 0 aliphatic rings. The first-order valence-electron chi connectivity index (χ1n) is 9.77. The van der Waals surface area contributed by atoms with Gasteiger partial charge in [-0.1, -0.05) is 18.2 Å². The molecule has 2 aromatic heterocycles.